The van der Waals surface area contributed by atoms with Gasteiger partial charge in [-0.2, -0.15) is 0 Å². The van der Waals surface area contributed by atoms with Crippen molar-refractivity contribution in [3.05, 3.63) is 71.0 Å². The van der Waals surface area contributed by atoms with E-state index in [1.54, 1.807) is 17.0 Å². The Bertz CT molecular complexity index is 803. The highest BCUT2D eigenvalue weighted by Gasteiger charge is 2.29. The van der Waals surface area contributed by atoms with Crippen molar-refractivity contribution in [1.82, 2.24) is 10.2 Å². The molecule has 1 atom stereocenters. The van der Waals surface area contributed by atoms with E-state index in [2.05, 4.69) is 5.32 Å². The van der Waals surface area contributed by atoms with Gasteiger partial charge in [0.05, 0.1) is 6.42 Å². The van der Waals surface area contributed by atoms with E-state index >= 15 is 0 Å². The molecule has 4 nitrogen and oxygen atoms in total. The summed E-state index contributed by atoms with van der Waals surface area (Å²) >= 11 is 0. The number of halogens is 1. The fourth-order valence-corrected chi connectivity index (χ4v) is 3.18. The summed E-state index contributed by atoms with van der Waals surface area (Å²) in [5, 5.41) is 2.90. The molecule has 28 heavy (non-hydrogen) atoms. The summed E-state index contributed by atoms with van der Waals surface area (Å²) in [7, 11) is 0. The van der Waals surface area contributed by atoms with Gasteiger partial charge in [0.1, 0.15) is 11.9 Å². The second-order valence-corrected chi connectivity index (χ2v) is 7.40. The lowest BCUT2D eigenvalue weighted by Gasteiger charge is -2.31. The average Bonchev–Trinajstić information content (AvgIpc) is 2.62. The molecule has 0 heterocycles. The Kier molecular flexibility index (Phi) is 7.73. The van der Waals surface area contributed by atoms with Gasteiger partial charge in [0, 0.05) is 12.6 Å². The van der Waals surface area contributed by atoms with Crippen LogP contribution >= 0.6 is 0 Å². The minimum Gasteiger partial charge on any atom is -0.352 e. The molecular weight excluding hydrogens is 355 g/mol. The fourth-order valence-electron chi connectivity index (χ4n) is 3.18. The number of carbonyl (C=O) groups excluding carboxylic acids is 2. The number of benzene rings is 2. The Balaban J connectivity index is 2.28. The van der Waals surface area contributed by atoms with Crippen LogP contribution in [-0.2, 0) is 22.6 Å². The Labute approximate surface area is 166 Å². The van der Waals surface area contributed by atoms with E-state index in [0.29, 0.717) is 6.42 Å². The van der Waals surface area contributed by atoms with Crippen LogP contribution < -0.4 is 5.32 Å². The fraction of sp³-hybridized carbons (Fsp3) is 0.391. The van der Waals surface area contributed by atoms with Crippen molar-refractivity contribution in [3.8, 4) is 0 Å². The number of hydrogen-bond donors (Lipinski definition) is 1. The SMILES string of the molecule is CCC(C(=O)NC(C)C)N(Cc1ccc(F)cc1)C(=O)Cc1cccc(C)c1. The first-order valence-electron chi connectivity index (χ1n) is 9.70. The number of hydrogen-bond acceptors (Lipinski definition) is 2. The number of amides is 2. The normalized spacial score (nSPS) is 11.9. The maximum Gasteiger partial charge on any atom is 0.243 e. The highest BCUT2D eigenvalue weighted by Crippen LogP contribution is 2.16. The van der Waals surface area contributed by atoms with Crippen molar-refractivity contribution < 1.29 is 14.0 Å². The van der Waals surface area contributed by atoms with Gasteiger partial charge in [0.15, 0.2) is 0 Å². The minimum atomic E-state index is -0.579. The third kappa shape index (κ3) is 6.19. The molecule has 2 aromatic rings. The molecule has 2 amide bonds. The number of aryl methyl sites for hydroxylation is 1. The molecule has 0 aliphatic carbocycles. The Morgan fingerprint density at radius 1 is 1.07 bits per heavy atom. The third-order valence-corrected chi connectivity index (χ3v) is 4.52. The molecule has 0 aliphatic heterocycles. The smallest absolute Gasteiger partial charge is 0.243 e. The first-order chi connectivity index (χ1) is 13.3. The van der Waals surface area contributed by atoms with E-state index < -0.39 is 6.04 Å². The summed E-state index contributed by atoms with van der Waals surface area (Å²) in [6.45, 7) is 7.92. The topological polar surface area (TPSA) is 49.4 Å². The summed E-state index contributed by atoms with van der Waals surface area (Å²) < 4.78 is 13.3. The predicted octanol–water partition coefficient (Wildman–Crippen LogP) is 4.01. The summed E-state index contributed by atoms with van der Waals surface area (Å²) in [6, 6.07) is 13.2. The molecular formula is C23H29FN2O2. The average molecular weight is 384 g/mol. The maximum absolute atomic E-state index is 13.3. The quantitative estimate of drug-likeness (QED) is 0.748. The molecule has 0 fully saturated rings. The zero-order valence-corrected chi connectivity index (χ0v) is 17.0. The van der Waals surface area contributed by atoms with Gasteiger partial charge in [-0.15, -0.1) is 0 Å². The zero-order valence-electron chi connectivity index (χ0n) is 17.0. The van der Waals surface area contributed by atoms with Gasteiger partial charge in [0.25, 0.3) is 0 Å². The lowest BCUT2D eigenvalue weighted by molar-refractivity contribution is -0.141. The van der Waals surface area contributed by atoms with Crippen molar-refractivity contribution in [2.75, 3.05) is 0 Å². The van der Waals surface area contributed by atoms with Crippen LogP contribution in [0.25, 0.3) is 0 Å². The maximum atomic E-state index is 13.3. The van der Waals surface area contributed by atoms with E-state index in [0.717, 1.165) is 16.7 Å². The van der Waals surface area contributed by atoms with Crippen LogP contribution in [0.5, 0.6) is 0 Å². The van der Waals surface area contributed by atoms with E-state index in [4.69, 9.17) is 0 Å². The summed E-state index contributed by atoms with van der Waals surface area (Å²) in [6.07, 6.45) is 0.716. The summed E-state index contributed by atoms with van der Waals surface area (Å²) in [5.41, 5.74) is 2.78. The number of rotatable bonds is 8. The van der Waals surface area contributed by atoms with Crippen LogP contribution in [0.3, 0.4) is 0 Å². The predicted molar refractivity (Wildman–Crippen MR) is 109 cm³/mol. The molecule has 1 N–H and O–H groups in total. The monoisotopic (exact) mass is 384 g/mol. The van der Waals surface area contributed by atoms with Gasteiger partial charge in [-0.1, -0.05) is 48.9 Å². The van der Waals surface area contributed by atoms with Crippen LogP contribution in [0.1, 0.15) is 43.9 Å². The van der Waals surface area contributed by atoms with Gasteiger partial charge in [-0.3, -0.25) is 9.59 Å². The van der Waals surface area contributed by atoms with E-state index in [1.807, 2.05) is 52.0 Å². The molecule has 5 heteroatoms. The minimum absolute atomic E-state index is 0.0129. The molecule has 0 aromatic heterocycles. The van der Waals surface area contributed by atoms with Crippen LogP contribution in [0.2, 0.25) is 0 Å². The first kappa shape index (κ1) is 21.6. The molecule has 0 saturated carbocycles. The molecule has 0 aliphatic rings. The molecule has 0 saturated heterocycles. The highest BCUT2D eigenvalue weighted by molar-refractivity contribution is 5.88. The van der Waals surface area contributed by atoms with Gasteiger partial charge in [-0.05, 0) is 50.5 Å². The van der Waals surface area contributed by atoms with Gasteiger partial charge >= 0.3 is 0 Å². The van der Waals surface area contributed by atoms with Gasteiger partial charge in [0.2, 0.25) is 11.8 Å². The lowest BCUT2D eigenvalue weighted by atomic mass is 10.0. The molecule has 150 valence electrons. The Morgan fingerprint density at radius 2 is 1.75 bits per heavy atom. The largest absolute Gasteiger partial charge is 0.352 e. The highest BCUT2D eigenvalue weighted by atomic mass is 19.1. The Morgan fingerprint density at radius 3 is 2.32 bits per heavy atom. The van der Waals surface area contributed by atoms with Gasteiger partial charge < -0.3 is 10.2 Å². The van der Waals surface area contributed by atoms with Crippen LogP contribution in [-0.4, -0.2) is 28.8 Å². The molecule has 2 aromatic carbocycles. The van der Waals surface area contributed by atoms with Gasteiger partial charge in [-0.25, -0.2) is 4.39 Å². The van der Waals surface area contributed by atoms with Crippen molar-refractivity contribution in [1.29, 1.82) is 0 Å². The van der Waals surface area contributed by atoms with E-state index in [9.17, 15) is 14.0 Å². The van der Waals surface area contributed by atoms with Crippen molar-refractivity contribution in [2.24, 2.45) is 0 Å². The lowest BCUT2D eigenvalue weighted by Crippen LogP contribution is -2.50. The number of nitrogens with zero attached hydrogens (tertiary/aromatic N) is 1. The summed E-state index contributed by atoms with van der Waals surface area (Å²) in [4.78, 5) is 27.5. The molecule has 0 bridgehead atoms. The summed E-state index contributed by atoms with van der Waals surface area (Å²) in [5.74, 6) is -0.621. The molecule has 1 unspecified atom stereocenters. The van der Waals surface area contributed by atoms with Crippen LogP contribution in [0.4, 0.5) is 4.39 Å². The van der Waals surface area contributed by atoms with Crippen molar-refractivity contribution in [3.63, 3.8) is 0 Å². The van der Waals surface area contributed by atoms with Crippen molar-refractivity contribution >= 4 is 11.8 Å². The van der Waals surface area contributed by atoms with Crippen molar-refractivity contribution in [2.45, 2.75) is 59.2 Å². The molecule has 0 spiro atoms. The zero-order chi connectivity index (χ0) is 20.7. The van der Waals surface area contributed by atoms with Crippen LogP contribution in [0.15, 0.2) is 48.5 Å². The number of carbonyl (C=O) groups is 2. The van der Waals surface area contributed by atoms with Crippen LogP contribution in [0, 0.1) is 12.7 Å². The Hall–Kier alpha value is -2.69. The van der Waals surface area contributed by atoms with E-state index in [1.165, 1.54) is 12.1 Å². The van der Waals surface area contributed by atoms with E-state index in [-0.39, 0.29) is 36.6 Å². The molecule has 2 rings (SSSR count). The second kappa shape index (κ2) is 10.0. The standard InChI is InChI=1S/C23H29FN2O2/c1-5-21(23(28)25-16(2)3)26(15-18-9-11-20(24)12-10-18)22(27)14-19-8-6-7-17(4)13-19/h6-13,16,21H,5,14-15H2,1-4H3,(H,25,28). The second-order valence-electron chi connectivity index (χ2n) is 7.40. The number of nitrogens with one attached hydrogen (secondary N) is 1. The molecule has 0 radical (unpaired) electrons. The first-order valence-corrected chi connectivity index (χ1v) is 9.70. The third-order valence-electron chi connectivity index (χ3n) is 4.52.